The van der Waals surface area contributed by atoms with Gasteiger partial charge in [-0.25, -0.2) is 0 Å². The number of hydrogen-bond donors (Lipinski definition) is 2. The van der Waals surface area contributed by atoms with Gasteiger partial charge in [-0.15, -0.1) is 0 Å². The molecular weight excluding hydrogens is 304 g/mol. The number of aromatic nitrogens is 1. The van der Waals surface area contributed by atoms with Gasteiger partial charge in [0.05, 0.1) is 6.10 Å². The number of carbonyl (C=O) groups is 1. The third-order valence-corrected chi connectivity index (χ3v) is 4.40. The summed E-state index contributed by atoms with van der Waals surface area (Å²) in [7, 11) is 0. The number of pyridine rings is 1. The Morgan fingerprint density at radius 1 is 1.21 bits per heavy atom. The largest absolute Gasteiger partial charge is 0.457 e. The van der Waals surface area contributed by atoms with E-state index in [4.69, 9.17) is 4.74 Å². The molecule has 0 aliphatic heterocycles. The van der Waals surface area contributed by atoms with Gasteiger partial charge in [0, 0.05) is 24.5 Å². The molecule has 1 atom stereocenters. The Kier molecular flexibility index (Phi) is 5.43. The summed E-state index contributed by atoms with van der Waals surface area (Å²) < 4.78 is 5.71. The number of aliphatic hydroxyl groups excluding tert-OH is 1. The second-order valence-corrected chi connectivity index (χ2v) is 6.13. The Bertz CT molecular complexity index is 669. The molecule has 5 heteroatoms. The van der Waals surface area contributed by atoms with Gasteiger partial charge < -0.3 is 15.2 Å². The lowest BCUT2D eigenvalue weighted by Crippen LogP contribution is -2.35. The minimum absolute atomic E-state index is 0.202. The summed E-state index contributed by atoms with van der Waals surface area (Å²) in [6, 6.07) is 10.5. The van der Waals surface area contributed by atoms with Gasteiger partial charge in [-0.2, -0.15) is 0 Å². The predicted octanol–water partition coefficient (Wildman–Crippen LogP) is 3.15. The van der Waals surface area contributed by atoms with Crippen molar-refractivity contribution in [3.8, 4) is 11.5 Å². The van der Waals surface area contributed by atoms with E-state index in [1.54, 1.807) is 48.8 Å². The maximum Gasteiger partial charge on any atom is 0.251 e. The van der Waals surface area contributed by atoms with Crippen LogP contribution in [0.2, 0.25) is 0 Å². The number of nitrogens with zero attached hydrogens (tertiary/aromatic N) is 1. The smallest absolute Gasteiger partial charge is 0.251 e. The molecule has 1 saturated carbocycles. The van der Waals surface area contributed by atoms with Crippen LogP contribution in [0.1, 0.15) is 36.0 Å². The van der Waals surface area contributed by atoms with E-state index in [2.05, 4.69) is 10.3 Å². The van der Waals surface area contributed by atoms with E-state index in [-0.39, 0.29) is 5.91 Å². The van der Waals surface area contributed by atoms with Gasteiger partial charge in [-0.05, 0) is 49.1 Å². The number of ether oxygens (including phenoxy) is 1. The highest BCUT2D eigenvalue weighted by Crippen LogP contribution is 2.27. The van der Waals surface area contributed by atoms with E-state index in [1.165, 1.54) is 12.8 Å². The summed E-state index contributed by atoms with van der Waals surface area (Å²) in [6.45, 7) is 0.291. The van der Waals surface area contributed by atoms with Gasteiger partial charge in [-0.1, -0.05) is 18.9 Å². The average Bonchev–Trinajstić information content (AvgIpc) is 3.15. The number of aliphatic hydroxyl groups is 1. The molecule has 1 aromatic heterocycles. The predicted molar refractivity (Wildman–Crippen MR) is 91.1 cm³/mol. The van der Waals surface area contributed by atoms with Crippen molar-refractivity contribution >= 4 is 5.91 Å². The van der Waals surface area contributed by atoms with Gasteiger partial charge in [0.1, 0.15) is 11.5 Å². The van der Waals surface area contributed by atoms with Gasteiger partial charge in [0.25, 0.3) is 5.91 Å². The molecule has 2 aromatic rings. The third kappa shape index (κ3) is 4.32. The number of carbonyl (C=O) groups excluding carboxylic acids is 1. The average molecular weight is 326 g/mol. The SMILES string of the molecule is O=C(NCC(O)C1CCCC1)c1cccc(Oc2ccncc2)c1. The molecule has 1 aliphatic carbocycles. The first-order valence-corrected chi connectivity index (χ1v) is 8.36. The van der Waals surface area contributed by atoms with E-state index >= 15 is 0 Å². The molecule has 3 rings (SSSR count). The normalized spacial score (nSPS) is 15.9. The first kappa shape index (κ1) is 16.5. The Hall–Kier alpha value is -2.40. The molecule has 0 radical (unpaired) electrons. The van der Waals surface area contributed by atoms with Crippen molar-refractivity contribution in [3.05, 3.63) is 54.4 Å². The van der Waals surface area contributed by atoms with Crippen LogP contribution >= 0.6 is 0 Å². The number of rotatable bonds is 6. The molecule has 1 aliphatic rings. The van der Waals surface area contributed by atoms with Crippen molar-refractivity contribution in [1.82, 2.24) is 10.3 Å². The summed E-state index contributed by atoms with van der Waals surface area (Å²) in [5.41, 5.74) is 0.514. The summed E-state index contributed by atoms with van der Waals surface area (Å²) in [6.07, 6.45) is 7.27. The van der Waals surface area contributed by atoms with Crippen molar-refractivity contribution in [2.24, 2.45) is 5.92 Å². The molecule has 24 heavy (non-hydrogen) atoms. The van der Waals surface area contributed by atoms with Crippen molar-refractivity contribution in [2.45, 2.75) is 31.8 Å². The zero-order chi connectivity index (χ0) is 16.8. The lowest BCUT2D eigenvalue weighted by atomic mass is 10.0. The van der Waals surface area contributed by atoms with Crippen molar-refractivity contribution < 1.29 is 14.6 Å². The topological polar surface area (TPSA) is 71.5 Å². The van der Waals surface area contributed by atoms with Gasteiger partial charge >= 0.3 is 0 Å². The van der Waals surface area contributed by atoms with E-state index in [0.717, 1.165) is 12.8 Å². The standard InChI is InChI=1S/C19H22N2O3/c22-18(14-4-1-2-5-14)13-21-19(23)15-6-3-7-17(12-15)24-16-8-10-20-11-9-16/h3,6-12,14,18,22H,1-2,4-5,13H2,(H,21,23). The molecular formula is C19H22N2O3. The van der Waals surface area contributed by atoms with Crippen LogP contribution in [0.5, 0.6) is 11.5 Å². The van der Waals surface area contributed by atoms with Crippen LogP contribution in [-0.2, 0) is 0 Å². The fourth-order valence-corrected chi connectivity index (χ4v) is 3.05. The molecule has 2 N–H and O–H groups in total. The molecule has 1 amide bonds. The molecule has 5 nitrogen and oxygen atoms in total. The highest BCUT2D eigenvalue weighted by atomic mass is 16.5. The molecule has 1 aromatic carbocycles. The zero-order valence-corrected chi connectivity index (χ0v) is 13.5. The molecule has 0 bridgehead atoms. The second-order valence-electron chi connectivity index (χ2n) is 6.13. The van der Waals surface area contributed by atoms with Crippen LogP contribution in [-0.4, -0.2) is 28.6 Å². The summed E-state index contributed by atoms with van der Waals surface area (Å²) in [5, 5.41) is 13.0. The Morgan fingerprint density at radius 2 is 1.96 bits per heavy atom. The van der Waals surface area contributed by atoms with E-state index in [0.29, 0.717) is 29.5 Å². The monoisotopic (exact) mass is 326 g/mol. The maximum absolute atomic E-state index is 12.3. The number of amides is 1. The third-order valence-electron chi connectivity index (χ3n) is 4.40. The Morgan fingerprint density at radius 3 is 2.71 bits per heavy atom. The number of benzene rings is 1. The van der Waals surface area contributed by atoms with Crippen molar-refractivity contribution in [3.63, 3.8) is 0 Å². The molecule has 1 unspecified atom stereocenters. The Balaban J connectivity index is 1.57. The number of hydrogen-bond acceptors (Lipinski definition) is 4. The van der Waals surface area contributed by atoms with Crippen LogP contribution in [0.3, 0.4) is 0 Å². The summed E-state index contributed by atoms with van der Waals surface area (Å²) >= 11 is 0. The zero-order valence-electron chi connectivity index (χ0n) is 13.5. The summed E-state index contributed by atoms with van der Waals surface area (Å²) in [4.78, 5) is 16.2. The minimum Gasteiger partial charge on any atom is -0.457 e. The van der Waals surface area contributed by atoms with Crippen molar-refractivity contribution in [1.29, 1.82) is 0 Å². The van der Waals surface area contributed by atoms with Gasteiger partial charge in [0.2, 0.25) is 0 Å². The molecule has 126 valence electrons. The van der Waals surface area contributed by atoms with Crippen LogP contribution in [0.25, 0.3) is 0 Å². The van der Waals surface area contributed by atoms with Crippen LogP contribution in [0, 0.1) is 5.92 Å². The quantitative estimate of drug-likeness (QED) is 0.855. The fraction of sp³-hybridized carbons (Fsp3) is 0.368. The maximum atomic E-state index is 12.3. The lowest BCUT2D eigenvalue weighted by Gasteiger charge is -2.18. The molecule has 0 saturated heterocycles. The van der Waals surface area contributed by atoms with Crippen LogP contribution < -0.4 is 10.1 Å². The minimum atomic E-state index is -0.465. The fourth-order valence-electron chi connectivity index (χ4n) is 3.05. The van der Waals surface area contributed by atoms with E-state index < -0.39 is 6.10 Å². The second kappa shape index (κ2) is 7.93. The molecule has 0 spiro atoms. The first-order valence-electron chi connectivity index (χ1n) is 8.36. The summed E-state index contributed by atoms with van der Waals surface area (Å²) in [5.74, 6) is 1.36. The van der Waals surface area contributed by atoms with Crippen LogP contribution in [0.15, 0.2) is 48.8 Å². The van der Waals surface area contributed by atoms with E-state index in [1.807, 2.05) is 0 Å². The van der Waals surface area contributed by atoms with Crippen LogP contribution in [0.4, 0.5) is 0 Å². The molecule has 1 fully saturated rings. The highest BCUT2D eigenvalue weighted by molar-refractivity contribution is 5.94. The van der Waals surface area contributed by atoms with Gasteiger partial charge in [-0.3, -0.25) is 9.78 Å². The number of nitrogens with one attached hydrogen (secondary N) is 1. The first-order chi connectivity index (χ1) is 11.7. The van der Waals surface area contributed by atoms with Gasteiger partial charge in [0.15, 0.2) is 0 Å². The Labute approximate surface area is 141 Å². The highest BCUT2D eigenvalue weighted by Gasteiger charge is 2.23. The lowest BCUT2D eigenvalue weighted by molar-refractivity contribution is 0.0840. The van der Waals surface area contributed by atoms with Crippen molar-refractivity contribution in [2.75, 3.05) is 6.54 Å². The van der Waals surface area contributed by atoms with E-state index in [9.17, 15) is 9.90 Å². The molecule has 1 heterocycles.